The van der Waals surface area contributed by atoms with Crippen LogP contribution in [0.3, 0.4) is 0 Å². The SMILES string of the molecule is COc1ccc(NC(=O)C2CCN(CC(=O)Nc3cccc4ccccc34)CC2)cc1. The number of hydrogen-bond acceptors (Lipinski definition) is 4. The average Bonchev–Trinajstić information content (AvgIpc) is 2.80. The number of piperidine rings is 1. The Morgan fingerprint density at radius 3 is 2.39 bits per heavy atom. The Morgan fingerprint density at radius 1 is 0.935 bits per heavy atom. The molecule has 3 aromatic rings. The van der Waals surface area contributed by atoms with Gasteiger partial charge in [0.05, 0.1) is 13.7 Å². The number of anilines is 2. The van der Waals surface area contributed by atoms with Crippen molar-refractivity contribution in [3.63, 3.8) is 0 Å². The summed E-state index contributed by atoms with van der Waals surface area (Å²) in [5.74, 6) is 0.718. The van der Waals surface area contributed by atoms with E-state index >= 15 is 0 Å². The van der Waals surface area contributed by atoms with E-state index in [1.165, 1.54) is 0 Å². The van der Waals surface area contributed by atoms with Gasteiger partial charge in [0.2, 0.25) is 11.8 Å². The maximum absolute atomic E-state index is 12.6. The summed E-state index contributed by atoms with van der Waals surface area (Å²) < 4.78 is 5.14. The Hall–Kier alpha value is -3.38. The third kappa shape index (κ3) is 5.22. The summed E-state index contributed by atoms with van der Waals surface area (Å²) >= 11 is 0. The van der Waals surface area contributed by atoms with E-state index in [1.807, 2.05) is 66.7 Å². The zero-order valence-electron chi connectivity index (χ0n) is 17.6. The highest BCUT2D eigenvalue weighted by molar-refractivity contribution is 6.02. The normalized spacial score (nSPS) is 14.9. The van der Waals surface area contributed by atoms with Crippen LogP contribution in [0.15, 0.2) is 66.7 Å². The second-order valence-corrected chi connectivity index (χ2v) is 7.84. The summed E-state index contributed by atoms with van der Waals surface area (Å²) in [5.41, 5.74) is 1.60. The zero-order chi connectivity index (χ0) is 21.6. The number of nitrogens with zero attached hydrogens (tertiary/aromatic N) is 1. The molecule has 0 unspecified atom stereocenters. The smallest absolute Gasteiger partial charge is 0.238 e. The van der Waals surface area contributed by atoms with Gasteiger partial charge in [-0.3, -0.25) is 14.5 Å². The van der Waals surface area contributed by atoms with E-state index in [9.17, 15) is 9.59 Å². The van der Waals surface area contributed by atoms with Crippen LogP contribution in [-0.4, -0.2) is 43.5 Å². The number of carbonyl (C=O) groups excluding carboxylic acids is 2. The number of hydrogen-bond donors (Lipinski definition) is 2. The van der Waals surface area contributed by atoms with Crippen molar-refractivity contribution in [2.24, 2.45) is 5.92 Å². The Kier molecular flexibility index (Phi) is 6.48. The van der Waals surface area contributed by atoms with Gasteiger partial charge in [-0.25, -0.2) is 0 Å². The standard InChI is InChI=1S/C25H27N3O3/c1-31-21-11-9-20(10-12-21)26-25(30)19-13-15-28(16-14-19)17-24(29)27-23-8-4-6-18-5-2-3-7-22(18)23/h2-12,19H,13-17H2,1H3,(H,26,30)(H,27,29). The van der Waals surface area contributed by atoms with E-state index in [0.717, 1.165) is 53.8 Å². The summed E-state index contributed by atoms with van der Waals surface area (Å²) in [4.78, 5) is 27.3. The largest absolute Gasteiger partial charge is 0.497 e. The lowest BCUT2D eigenvalue weighted by Gasteiger charge is -2.30. The number of carbonyl (C=O) groups is 2. The third-order valence-electron chi connectivity index (χ3n) is 5.75. The minimum absolute atomic E-state index is 0.0301. The molecule has 4 rings (SSSR count). The van der Waals surface area contributed by atoms with E-state index < -0.39 is 0 Å². The van der Waals surface area contributed by atoms with Crippen molar-refractivity contribution in [2.75, 3.05) is 37.4 Å². The maximum Gasteiger partial charge on any atom is 0.238 e. The predicted octanol–water partition coefficient (Wildman–Crippen LogP) is 4.14. The summed E-state index contributed by atoms with van der Waals surface area (Å²) in [5, 5.41) is 8.15. The molecule has 6 nitrogen and oxygen atoms in total. The molecule has 0 radical (unpaired) electrons. The molecule has 3 aromatic carbocycles. The molecule has 1 heterocycles. The molecular weight excluding hydrogens is 390 g/mol. The summed E-state index contributed by atoms with van der Waals surface area (Å²) in [6, 6.07) is 21.2. The van der Waals surface area contributed by atoms with Crippen LogP contribution < -0.4 is 15.4 Å². The lowest BCUT2D eigenvalue weighted by atomic mass is 9.95. The fourth-order valence-corrected chi connectivity index (χ4v) is 4.00. The first kappa shape index (κ1) is 20.9. The molecule has 1 fully saturated rings. The molecule has 1 aliphatic heterocycles. The van der Waals surface area contributed by atoms with E-state index in [0.29, 0.717) is 6.54 Å². The second-order valence-electron chi connectivity index (χ2n) is 7.84. The molecule has 2 amide bonds. The molecule has 160 valence electrons. The van der Waals surface area contributed by atoms with Crippen LogP contribution in [0, 0.1) is 5.92 Å². The van der Waals surface area contributed by atoms with Crippen LogP contribution in [-0.2, 0) is 9.59 Å². The Bertz CT molecular complexity index is 1050. The lowest BCUT2D eigenvalue weighted by Crippen LogP contribution is -2.41. The van der Waals surface area contributed by atoms with Gasteiger partial charge in [0.25, 0.3) is 0 Å². The summed E-state index contributed by atoms with van der Waals surface area (Å²) in [7, 11) is 1.61. The van der Waals surface area contributed by atoms with Crippen molar-refractivity contribution >= 4 is 34.0 Å². The lowest BCUT2D eigenvalue weighted by molar-refractivity contribution is -0.121. The highest BCUT2D eigenvalue weighted by atomic mass is 16.5. The van der Waals surface area contributed by atoms with Gasteiger partial charge < -0.3 is 15.4 Å². The molecule has 2 N–H and O–H groups in total. The molecule has 1 aliphatic rings. The first-order valence-corrected chi connectivity index (χ1v) is 10.6. The van der Waals surface area contributed by atoms with Gasteiger partial charge in [0.1, 0.15) is 5.75 Å². The third-order valence-corrected chi connectivity index (χ3v) is 5.75. The van der Waals surface area contributed by atoms with Gasteiger partial charge in [0, 0.05) is 22.7 Å². The first-order valence-electron chi connectivity index (χ1n) is 10.6. The van der Waals surface area contributed by atoms with Crippen molar-refractivity contribution in [1.82, 2.24) is 4.90 Å². The van der Waals surface area contributed by atoms with E-state index in [4.69, 9.17) is 4.74 Å². The fraction of sp³-hybridized carbons (Fsp3) is 0.280. The zero-order valence-corrected chi connectivity index (χ0v) is 17.6. The van der Waals surface area contributed by atoms with Crippen molar-refractivity contribution in [2.45, 2.75) is 12.8 Å². The quantitative estimate of drug-likeness (QED) is 0.633. The van der Waals surface area contributed by atoms with Crippen LogP contribution in [0.25, 0.3) is 10.8 Å². The van der Waals surface area contributed by atoms with Crippen molar-refractivity contribution in [3.05, 3.63) is 66.7 Å². The topological polar surface area (TPSA) is 70.7 Å². The average molecular weight is 418 g/mol. The first-order chi connectivity index (χ1) is 15.1. The van der Waals surface area contributed by atoms with Gasteiger partial charge in [-0.15, -0.1) is 0 Å². The number of methoxy groups -OCH3 is 1. The molecular formula is C25H27N3O3. The highest BCUT2D eigenvalue weighted by Crippen LogP contribution is 2.24. The number of amides is 2. The monoisotopic (exact) mass is 417 g/mol. The summed E-state index contributed by atoms with van der Waals surface area (Å²) in [6.07, 6.45) is 1.48. The van der Waals surface area contributed by atoms with Crippen molar-refractivity contribution in [3.8, 4) is 5.75 Å². The number of fused-ring (bicyclic) bond motifs is 1. The van der Waals surface area contributed by atoms with Crippen LogP contribution in [0.4, 0.5) is 11.4 Å². The van der Waals surface area contributed by atoms with Gasteiger partial charge >= 0.3 is 0 Å². The minimum Gasteiger partial charge on any atom is -0.497 e. The van der Waals surface area contributed by atoms with Crippen LogP contribution in [0.5, 0.6) is 5.75 Å². The summed E-state index contributed by atoms with van der Waals surface area (Å²) in [6.45, 7) is 1.78. The maximum atomic E-state index is 12.6. The fourth-order valence-electron chi connectivity index (χ4n) is 4.00. The van der Waals surface area contributed by atoms with Crippen LogP contribution in [0.2, 0.25) is 0 Å². The van der Waals surface area contributed by atoms with Gasteiger partial charge in [-0.1, -0.05) is 36.4 Å². The molecule has 0 atom stereocenters. The Morgan fingerprint density at radius 2 is 1.65 bits per heavy atom. The van der Waals surface area contributed by atoms with Crippen molar-refractivity contribution < 1.29 is 14.3 Å². The minimum atomic E-state index is -0.0421. The molecule has 31 heavy (non-hydrogen) atoms. The number of likely N-dealkylation sites (tertiary alicyclic amines) is 1. The molecule has 6 heteroatoms. The van der Waals surface area contributed by atoms with Crippen LogP contribution in [0.1, 0.15) is 12.8 Å². The van der Waals surface area contributed by atoms with Gasteiger partial charge in [0.15, 0.2) is 0 Å². The molecule has 1 saturated heterocycles. The van der Waals surface area contributed by atoms with E-state index in [1.54, 1.807) is 7.11 Å². The molecule has 0 aliphatic carbocycles. The number of rotatable bonds is 6. The van der Waals surface area contributed by atoms with Gasteiger partial charge in [-0.2, -0.15) is 0 Å². The Balaban J connectivity index is 1.26. The van der Waals surface area contributed by atoms with Crippen molar-refractivity contribution in [1.29, 1.82) is 0 Å². The highest BCUT2D eigenvalue weighted by Gasteiger charge is 2.26. The van der Waals surface area contributed by atoms with Gasteiger partial charge in [-0.05, 0) is 61.6 Å². The molecule has 0 bridgehead atoms. The van der Waals surface area contributed by atoms with Crippen LogP contribution >= 0.6 is 0 Å². The molecule has 0 spiro atoms. The second kappa shape index (κ2) is 9.62. The number of nitrogens with one attached hydrogen (secondary N) is 2. The molecule has 0 saturated carbocycles. The number of ether oxygens (including phenoxy) is 1. The predicted molar refractivity (Wildman–Crippen MR) is 123 cm³/mol. The van der Waals surface area contributed by atoms with E-state index in [2.05, 4.69) is 15.5 Å². The molecule has 0 aromatic heterocycles. The number of benzene rings is 3. The Labute approximate surface area is 182 Å². The van der Waals surface area contributed by atoms with E-state index in [-0.39, 0.29) is 17.7 Å².